The molecule has 0 fully saturated rings. The SMILES string of the molecule is O=C(CCc1ccc2c(c1)OCO2)c1ccc(Cl)cc1. The third kappa shape index (κ3) is 2.78. The molecule has 0 aliphatic carbocycles. The molecule has 0 aromatic heterocycles. The van der Waals surface area contributed by atoms with Crippen LogP contribution in [0.5, 0.6) is 11.5 Å². The third-order valence-electron chi connectivity index (χ3n) is 3.24. The van der Waals surface area contributed by atoms with Gasteiger partial charge in [-0.05, 0) is 48.4 Å². The molecule has 1 aliphatic heterocycles. The van der Waals surface area contributed by atoms with Gasteiger partial charge in [0.2, 0.25) is 6.79 Å². The van der Waals surface area contributed by atoms with E-state index in [4.69, 9.17) is 21.1 Å². The van der Waals surface area contributed by atoms with E-state index in [-0.39, 0.29) is 12.6 Å². The summed E-state index contributed by atoms with van der Waals surface area (Å²) >= 11 is 5.81. The minimum Gasteiger partial charge on any atom is -0.454 e. The first-order valence-corrected chi connectivity index (χ1v) is 6.77. The van der Waals surface area contributed by atoms with Crippen LogP contribution in [0.25, 0.3) is 0 Å². The smallest absolute Gasteiger partial charge is 0.231 e. The normalized spacial score (nSPS) is 12.4. The van der Waals surface area contributed by atoms with Crippen LogP contribution in [0.4, 0.5) is 0 Å². The second-order valence-electron chi connectivity index (χ2n) is 4.62. The van der Waals surface area contributed by atoms with E-state index in [1.165, 1.54) is 0 Å². The fourth-order valence-electron chi connectivity index (χ4n) is 2.13. The highest BCUT2D eigenvalue weighted by Gasteiger charge is 2.14. The molecule has 0 bridgehead atoms. The highest BCUT2D eigenvalue weighted by atomic mass is 35.5. The average Bonchev–Trinajstić information content (AvgIpc) is 2.93. The van der Waals surface area contributed by atoms with Crippen LogP contribution in [0.2, 0.25) is 5.02 Å². The molecule has 1 heterocycles. The van der Waals surface area contributed by atoms with Gasteiger partial charge in [0.1, 0.15) is 0 Å². The van der Waals surface area contributed by atoms with Crippen molar-refractivity contribution < 1.29 is 14.3 Å². The number of rotatable bonds is 4. The molecule has 102 valence electrons. The molecule has 0 radical (unpaired) electrons. The Labute approximate surface area is 122 Å². The summed E-state index contributed by atoms with van der Waals surface area (Å²) in [6.45, 7) is 0.266. The van der Waals surface area contributed by atoms with Gasteiger partial charge in [-0.1, -0.05) is 17.7 Å². The van der Waals surface area contributed by atoms with Gasteiger partial charge in [-0.3, -0.25) is 4.79 Å². The molecule has 0 unspecified atom stereocenters. The number of hydrogen-bond acceptors (Lipinski definition) is 3. The minimum atomic E-state index is 0.110. The van der Waals surface area contributed by atoms with Gasteiger partial charge < -0.3 is 9.47 Å². The number of fused-ring (bicyclic) bond motifs is 1. The zero-order valence-corrected chi connectivity index (χ0v) is 11.5. The molecule has 2 aromatic carbocycles. The fourth-order valence-corrected chi connectivity index (χ4v) is 2.26. The first-order valence-electron chi connectivity index (χ1n) is 6.40. The van der Waals surface area contributed by atoms with Gasteiger partial charge in [0.15, 0.2) is 17.3 Å². The minimum absolute atomic E-state index is 0.110. The number of carbonyl (C=O) groups excluding carboxylic acids is 1. The van der Waals surface area contributed by atoms with Crippen molar-refractivity contribution in [2.45, 2.75) is 12.8 Å². The Hall–Kier alpha value is -2.00. The first kappa shape index (κ1) is 13.0. The molecule has 20 heavy (non-hydrogen) atoms. The first-order chi connectivity index (χ1) is 9.72. The van der Waals surface area contributed by atoms with Crippen molar-refractivity contribution in [3.8, 4) is 11.5 Å². The summed E-state index contributed by atoms with van der Waals surface area (Å²) in [6, 6.07) is 12.7. The van der Waals surface area contributed by atoms with Crippen LogP contribution in [0.1, 0.15) is 22.3 Å². The highest BCUT2D eigenvalue weighted by Crippen LogP contribution is 2.32. The van der Waals surface area contributed by atoms with Crippen LogP contribution in [0.15, 0.2) is 42.5 Å². The van der Waals surface area contributed by atoms with Crippen molar-refractivity contribution in [1.29, 1.82) is 0 Å². The summed E-state index contributed by atoms with van der Waals surface area (Å²) in [5, 5.41) is 0.636. The lowest BCUT2D eigenvalue weighted by Crippen LogP contribution is -2.01. The molecule has 0 N–H and O–H groups in total. The Kier molecular flexibility index (Phi) is 3.61. The summed E-state index contributed by atoms with van der Waals surface area (Å²) in [7, 11) is 0. The largest absolute Gasteiger partial charge is 0.454 e. The van der Waals surface area contributed by atoms with Gasteiger partial charge in [0, 0.05) is 17.0 Å². The topological polar surface area (TPSA) is 35.5 Å². The molecule has 0 spiro atoms. The highest BCUT2D eigenvalue weighted by molar-refractivity contribution is 6.30. The standard InChI is InChI=1S/C16H13ClO3/c17-13-5-3-12(4-6-13)14(18)7-1-11-2-8-15-16(9-11)20-10-19-15/h2-6,8-9H,1,7,10H2. The van der Waals surface area contributed by atoms with E-state index >= 15 is 0 Å². The molecule has 0 atom stereocenters. The molecule has 0 saturated carbocycles. The number of halogens is 1. The molecule has 0 amide bonds. The predicted molar refractivity (Wildman–Crippen MR) is 76.7 cm³/mol. The summed E-state index contributed by atoms with van der Waals surface area (Å²) < 4.78 is 10.6. The third-order valence-corrected chi connectivity index (χ3v) is 3.50. The van der Waals surface area contributed by atoms with E-state index in [0.29, 0.717) is 23.4 Å². The average molecular weight is 289 g/mol. The Morgan fingerprint density at radius 3 is 2.60 bits per heavy atom. The molecule has 3 rings (SSSR count). The van der Waals surface area contributed by atoms with Crippen LogP contribution in [-0.2, 0) is 6.42 Å². The second kappa shape index (κ2) is 5.55. The van der Waals surface area contributed by atoms with E-state index in [1.54, 1.807) is 24.3 Å². The van der Waals surface area contributed by atoms with Crippen molar-refractivity contribution >= 4 is 17.4 Å². The van der Waals surface area contributed by atoms with Crippen LogP contribution < -0.4 is 9.47 Å². The Morgan fingerprint density at radius 2 is 1.80 bits per heavy atom. The zero-order chi connectivity index (χ0) is 13.9. The number of carbonyl (C=O) groups is 1. The van der Waals surface area contributed by atoms with Crippen molar-refractivity contribution in [2.75, 3.05) is 6.79 Å². The van der Waals surface area contributed by atoms with Gasteiger partial charge in [0.05, 0.1) is 0 Å². The summed E-state index contributed by atoms with van der Waals surface area (Å²) in [6.07, 6.45) is 1.14. The molecule has 2 aromatic rings. The number of aryl methyl sites for hydroxylation is 1. The van der Waals surface area contributed by atoms with Crippen LogP contribution >= 0.6 is 11.6 Å². The molecule has 3 nitrogen and oxygen atoms in total. The molecular weight excluding hydrogens is 276 g/mol. The number of ketones is 1. The molecule has 4 heteroatoms. The van der Waals surface area contributed by atoms with Gasteiger partial charge in [-0.15, -0.1) is 0 Å². The van der Waals surface area contributed by atoms with Crippen LogP contribution in [0.3, 0.4) is 0 Å². The number of benzene rings is 2. The predicted octanol–water partition coefficient (Wildman–Crippen LogP) is 3.88. The lowest BCUT2D eigenvalue weighted by molar-refractivity contribution is 0.0983. The van der Waals surface area contributed by atoms with E-state index in [2.05, 4.69) is 0 Å². The Balaban J connectivity index is 1.64. The maximum atomic E-state index is 12.1. The van der Waals surface area contributed by atoms with E-state index in [9.17, 15) is 4.79 Å². The van der Waals surface area contributed by atoms with Gasteiger partial charge in [-0.25, -0.2) is 0 Å². The van der Waals surface area contributed by atoms with Gasteiger partial charge in [-0.2, -0.15) is 0 Å². The second-order valence-corrected chi connectivity index (χ2v) is 5.05. The molecular formula is C16H13ClO3. The quantitative estimate of drug-likeness (QED) is 0.801. The van der Waals surface area contributed by atoms with Gasteiger partial charge in [0.25, 0.3) is 0 Å². The number of Topliss-reactive ketones (excluding diaryl/α,β-unsaturated/α-hetero) is 1. The number of hydrogen-bond donors (Lipinski definition) is 0. The summed E-state index contributed by atoms with van der Waals surface area (Å²) in [4.78, 5) is 12.1. The maximum Gasteiger partial charge on any atom is 0.231 e. The van der Waals surface area contributed by atoms with Crippen molar-refractivity contribution in [3.05, 3.63) is 58.6 Å². The Morgan fingerprint density at radius 1 is 1.05 bits per heavy atom. The van der Waals surface area contributed by atoms with E-state index in [0.717, 1.165) is 17.1 Å². The van der Waals surface area contributed by atoms with Crippen molar-refractivity contribution in [3.63, 3.8) is 0 Å². The maximum absolute atomic E-state index is 12.1. The fraction of sp³-hybridized carbons (Fsp3) is 0.188. The van der Waals surface area contributed by atoms with Crippen molar-refractivity contribution in [2.24, 2.45) is 0 Å². The van der Waals surface area contributed by atoms with E-state index in [1.807, 2.05) is 18.2 Å². The number of ether oxygens (including phenoxy) is 2. The van der Waals surface area contributed by atoms with Gasteiger partial charge >= 0.3 is 0 Å². The van der Waals surface area contributed by atoms with E-state index < -0.39 is 0 Å². The van der Waals surface area contributed by atoms with Crippen LogP contribution in [-0.4, -0.2) is 12.6 Å². The monoisotopic (exact) mass is 288 g/mol. The molecule has 1 aliphatic rings. The lowest BCUT2D eigenvalue weighted by atomic mass is 10.0. The van der Waals surface area contributed by atoms with Crippen molar-refractivity contribution in [1.82, 2.24) is 0 Å². The van der Waals surface area contributed by atoms with Crippen LogP contribution in [0, 0.1) is 0 Å². The lowest BCUT2D eigenvalue weighted by Gasteiger charge is -2.03. The molecule has 0 saturated heterocycles. The zero-order valence-electron chi connectivity index (χ0n) is 10.8. The summed E-state index contributed by atoms with van der Waals surface area (Å²) in [5.41, 5.74) is 1.76. The summed E-state index contributed by atoms with van der Waals surface area (Å²) in [5.74, 6) is 1.62. The Bertz CT molecular complexity index is 635.